The molecule has 0 aliphatic rings. The Balaban J connectivity index is 2.01. The minimum absolute atomic E-state index is 0.206. The molecule has 0 spiro atoms. The monoisotopic (exact) mass is 455 g/mol. The van der Waals surface area contributed by atoms with Crippen LogP contribution in [0.15, 0.2) is 41.8 Å². The van der Waals surface area contributed by atoms with Crippen molar-refractivity contribution in [3.63, 3.8) is 0 Å². The Morgan fingerprint density at radius 1 is 1.19 bits per heavy atom. The van der Waals surface area contributed by atoms with E-state index in [4.69, 9.17) is 9.47 Å². The molecule has 1 N–H and O–H groups in total. The molecule has 5 nitrogen and oxygen atoms in total. The summed E-state index contributed by atoms with van der Waals surface area (Å²) in [5, 5.41) is 5.48. The maximum absolute atomic E-state index is 12.0. The molecule has 27 heavy (non-hydrogen) atoms. The fraction of sp³-hybridized carbons (Fsp3) is 0.400. The zero-order chi connectivity index (χ0) is 19.9. The third-order valence-corrected chi connectivity index (χ3v) is 6.65. The van der Waals surface area contributed by atoms with E-state index in [0.29, 0.717) is 12.1 Å². The fourth-order valence-electron chi connectivity index (χ4n) is 2.31. The van der Waals surface area contributed by atoms with Gasteiger partial charge in [0.25, 0.3) is 0 Å². The van der Waals surface area contributed by atoms with Crippen molar-refractivity contribution >= 4 is 48.5 Å². The number of ether oxygens (including phenoxy) is 2. The van der Waals surface area contributed by atoms with Gasteiger partial charge < -0.3 is 0 Å². The van der Waals surface area contributed by atoms with Crippen LogP contribution in [0.4, 0.5) is 10.5 Å². The maximum atomic E-state index is 12.0. The van der Waals surface area contributed by atoms with Crippen LogP contribution in [0.5, 0.6) is 0 Å². The van der Waals surface area contributed by atoms with Gasteiger partial charge in [-0.15, -0.1) is 0 Å². The summed E-state index contributed by atoms with van der Waals surface area (Å²) in [6.07, 6.45) is -0.142. The number of hydrogen-bond acceptors (Lipinski definition) is 5. The van der Waals surface area contributed by atoms with E-state index >= 15 is 0 Å². The Morgan fingerprint density at radius 3 is 2.52 bits per heavy atom. The summed E-state index contributed by atoms with van der Waals surface area (Å²) in [4.78, 5) is 24.5. The van der Waals surface area contributed by atoms with Gasteiger partial charge in [0.1, 0.15) is 0 Å². The standard InChI is InChI=1S/C20H25NO4SSe/c1-14(22)24-15(13-27-16-8-6-5-7-9-16)12-18-17(10-11-26-18)21-19(23)25-20(2,3)4/h5-11,15H,12-13H2,1-4H3,(H,21,23). The van der Waals surface area contributed by atoms with Crippen molar-refractivity contribution < 1.29 is 19.1 Å². The Kier molecular flexibility index (Phi) is 7.90. The third-order valence-electron chi connectivity index (χ3n) is 3.31. The molecular weight excluding hydrogens is 429 g/mol. The Morgan fingerprint density at radius 2 is 1.89 bits per heavy atom. The van der Waals surface area contributed by atoms with Crippen LogP contribution < -0.4 is 9.78 Å². The number of hydrogen-bond donors (Lipinski definition) is 1. The van der Waals surface area contributed by atoms with Crippen LogP contribution in [0.2, 0.25) is 5.32 Å². The second-order valence-corrected chi connectivity index (χ2v) is 10.2. The van der Waals surface area contributed by atoms with E-state index in [1.54, 1.807) is 0 Å². The van der Waals surface area contributed by atoms with Crippen molar-refractivity contribution in [2.75, 3.05) is 5.32 Å². The van der Waals surface area contributed by atoms with Gasteiger partial charge in [0.15, 0.2) is 0 Å². The summed E-state index contributed by atoms with van der Waals surface area (Å²) >= 11 is 1.74. The molecule has 0 bridgehead atoms. The molecular formula is C20H25NO4SSe. The molecule has 1 amide bonds. The topological polar surface area (TPSA) is 64.6 Å². The number of nitrogens with one attached hydrogen (secondary N) is 1. The summed E-state index contributed by atoms with van der Waals surface area (Å²) in [7, 11) is 0. The zero-order valence-electron chi connectivity index (χ0n) is 16.0. The van der Waals surface area contributed by atoms with Crippen molar-refractivity contribution in [1.82, 2.24) is 0 Å². The van der Waals surface area contributed by atoms with Gasteiger partial charge in [-0.3, -0.25) is 0 Å². The Labute approximate surface area is 170 Å². The second-order valence-electron chi connectivity index (χ2n) is 6.94. The summed E-state index contributed by atoms with van der Waals surface area (Å²) in [5.74, 6) is -0.290. The van der Waals surface area contributed by atoms with Crippen molar-refractivity contribution in [1.29, 1.82) is 0 Å². The minimum atomic E-state index is -0.557. The van der Waals surface area contributed by atoms with E-state index in [1.807, 2.05) is 50.4 Å². The van der Waals surface area contributed by atoms with Crippen LogP contribution in [-0.4, -0.2) is 38.7 Å². The van der Waals surface area contributed by atoms with Gasteiger partial charge in [0.2, 0.25) is 0 Å². The molecule has 0 saturated heterocycles. The van der Waals surface area contributed by atoms with Crippen LogP contribution in [0.1, 0.15) is 32.6 Å². The quantitative estimate of drug-likeness (QED) is 0.507. The number of thiophene rings is 1. The molecule has 1 heterocycles. The van der Waals surface area contributed by atoms with Crippen LogP contribution in [0, 0.1) is 0 Å². The molecule has 2 rings (SSSR count). The molecule has 7 heteroatoms. The van der Waals surface area contributed by atoms with Crippen LogP contribution in [0.3, 0.4) is 0 Å². The van der Waals surface area contributed by atoms with Gasteiger partial charge in [0.05, 0.1) is 0 Å². The average molecular weight is 454 g/mol. The van der Waals surface area contributed by atoms with Gasteiger partial charge in [0, 0.05) is 0 Å². The molecule has 0 aliphatic carbocycles. The van der Waals surface area contributed by atoms with Crippen molar-refractivity contribution in [3.8, 4) is 0 Å². The Hall–Kier alpha value is -1.82. The van der Waals surface area contributed by atoms with Crippen molar-refractivity contribution in [3.05, 3.63) is 46.7 Å². The number of carbonyl (C=O) groups excluding carboxylic acids is 2. The zero-order valence-corrected chi connectivity index (χ0v) is 18.5. The molecule has 1 aromatic heterocycles. The van der Waals surface area contributed by atoms with E-state index in [1.165, 1.54) is 22.7 Å². The molecule has 0 fully saturated rings. The number of carbonyl (C=O) groups is 2. The van der Waals surface area contributed by atoms with Crippen LogP contribution >= 0.6 is 11.3 Å². The number of esters is 1. The van der Waals surface area contributed by atoms with Gasteiger partial charge in [-0.05, 0) is 0 Å². The molecule has 1 atom stereocenters. The normalized spacial score (nSPS) is 12.3. The average Bonchev–Trinajstić information content (AvgIpc) is 2.98. The number of anilines is 1. The second kappa shape index (κ2) is 9.92. The summed E-state index contributed by atoms with van der Waals surface area (Å²) in [6.45, 7) is 6.90. The third kappa shape index (κ3) is 8.16. The van der Waals surface area contributed by atoms with Gasteiger partial charge in [-0.2, -0.15) is 0 Å². The molecule has 0 radical (unpaired) electrons. The van der Waals surface area contributed by atoms with Gasteiger partial charge in [-0.25, -0.2) is 0 Å². The van der Waals surface area contributed by atoms with E-state index in [9.17, 15) is 9.59 Å². The summed E-state index contributed by atoms with van der Waals surface area (Å²) in [6, 6.07) is 12.0. The van der Waals surface area contributed by atoms with E-state index < -0.39 is 11.7 Å². The first-order chi connectivity index (χ1) is 12.7. The number of rotatable bonds is 7. The molecule has 146 valence electrons. The van der Waals surface area contributed by atoms with Crippen LogP contribution in [-0.2, 0) is 20.7 Å². The van der Waals surface area contributed by atoms with Gasteiger partial charge in [-0.1, -0.05) is 0 Å². The number of amides is 1. The fourth-order valence-corrected chi connectivity index (χ4v) is 5.12. The number of benzene rings is 1. The molecule has 2 aromatic rings. The Bertz CT molecular complexity index is 755. The van der Waals surface area contributed by atoms with Crippen molar-refractivity contribution in [2.45, 2.75) is 51.1 Å². The van der Waals surface area contributed by atoms with E-state index in [-0.39, 0.29) is 27.0 Å². The van der Waals surface area contributed by atoms with E-state index in [2.05, 4.69) is 17.4 Å². The molecule has 1 aromatic carbocycles. The first-order valence-electron chi connectivity index (χ1n) is 8.64. The SMILES string of the molecule is CC(=O)OC(C[Se]c1ccccc1)Cc1sccc1NC(=O)OC(C)(C)C. The summed E-state index contributed by atoms with van der Waals surface area (Å²) < 4.78 is 12.1. The summed E-state index contributed by atoms with van der Waals surface area (Å²) in [5.41, 5.74) is 0.150. The molecule has 1 unspecified atom stereocenters. The molecule has 0 saturated carbocycles. The predicted octanol–water partition coefficient (Wildman–Crippen LogP) is 4.02. The first-order valence-corrected chi connectivity index (χ1v) is 11.6. The predicted molar refractivity (Wildman–Crippen MR) is 110 cm³/mol. The van der Waals surface area contributed by atoms with Gasteiger partial charge >= 0.3 is 171 Å². The van der Waals surface area contributed by atoms with Crippen molar-refractivity contribution in [2.24, 2.45) is 0 Å². The molecule has 0 aliphatic heterocycles. The van der Waals surface area contributed by atoms with Crippen LogP contribution in [0.25, 0.3) is 0 Å². The van der Waals surface area contributed by atoms with E-state index in [0.717, 1.165) is 10.2 Å². The first kappa shape index (κ1) is 21.5.